The van der Waals surface area contributed by atoms with E-state index in [1.54, 1.807) is 0 Å². The van der Waals surface area contributed by atoms with Gasteiger partial charge in [0, 0.05) is 42.9 Å². The van der Waals surface area contributed by atoms with Gasteiger partial charge in [-0.15, -0.1) is 11.3 Å². The first-order valence-corrected chi connectivity index (χ1v) is 19.6. The van der Waals surface area contributed by atoms with Crippen molar-refractivity contribution in [1.82, 2.24) is 19.5 Å². The lowest BCUT2D eigenvalue weighted by atomic mass is 10.0. The van der Waals surface area contributed by atoms with Crippen LogP contribution in [0.1, 0.15) is 0 Å². The summed E-state index contributed by atoms with van der Waals surface area (Å²) in [5, 5.41) is 4.79. The molecule has 0 amide bonds. The number of hydrogen-bond acceptors (Lipinski definition) is 4. The van der Waals surface area contributed by atoms with E-state index in [0.29, 0.717) is 17.5 Å². The van der Waals surface area contributed by atoms with Crippen LogP contribution in [0.25, 0.3) is 104 Å². The summed E-state index contributed by atoms with van der Waals surface area (Å²) in [5.41, 5.74) is 10.9. The van der Waals surface area contributed by atoms with Gasteiger partial charge in [0.2, 0.25) is 0 Å². The van der Waals surface area contributed by atoms with Gasteiger partial charge < -0.3 is 4.57 Å². The molecular weight excluding hydrogens is 701 g/mol. The van der Waals surface area contributed by atoms with Crippen molar-refractivity contribution in [2.75, 3.05) is 0 Å². The first kappa shape index (κ1) is 32.2. The highest BCUT2D eigenvalue weighted by atomic mass is 32.1. The van der Waals surface area contributed by atoms with E-state index in [2.05, 4.69) is 174 Å². The number of nitrogens with zero attached hydrogens (tertiary/aromatic N) is 4. The van der Waals surface area contributed by atoms with E-state index >= 15 is 0 Å². The highest BCUT2D eigenvalue weighted by molar-refractivity contribution is 7.26. The summed E-state index contributed by atoms with van der Waals surface area (Å²) in [4.78, 5) is 15.5. The molecule has 5 heteroatoms. The molecule has 0 radical (unpaired) electrons. The van der Waals surface area contributed by atoms with Crippen LogP contribution in [-0.4, -0.2) is 19.5 Å². The predicted molar refractivity (Wildman–Crippen MR) is 234 cm³/mol. The summed E-state index contributed by atoms with van der Waals surface area (Å²) in [5.74, 6) is 1.91. The second-order valence-corrected chi connectivity index (χ2v) is 15.1. The van der Waals surface area contributed by atoms with Crippen LogP contribution in [0, 0.1) is 0 Å². The Morgan fingerprint density at radius 1 is 0.357 bits per heavy atom. The summed E-state index contributed by atoms with van der Waals surface area (Å²) in [6, 6.07) is 68.5. The molecule has 0 unspecified atom stereocenters. The van der Waals surface area contributed by atoms with Gasteiger partial charge in [-0.05, 0) is 52.6 Å². The van der Waals surface area contributed by atoms with Crippen LogP contribution in [0.5, 0.6) is 0 Å². The van der Waals surface area contributed by atoms with E-state index in [4.69, 9.17) is 15.0 Å². The lowest BCUT2D eigenvalue weighted by Crippen LogP contribution is -2.00. The van der Waals surface area contributed by atoms with Gasteiger partial charge in [0.15, 0.2) is 17.5 Å². The number of hydrogen-bond donors (Lipinski definition) is 0. The SMILES string of the molecule is c1ccc(-c2ccc(-c3nc(-c4ccccc4)nc(-c4cccc5c4c4ccccc4n5-c4cc(-c5ccccc5)cc5c4sc4ccccc45)n3)cc2)cc1. The molecule has 56 heavy (non-hydrogen) atoms. The molecule has 11 aromatic rings. The lowest BCUT2D eigenvalue weighted by molar-refractivity contribution is 1.08. The molecule has 0 aliphatic carbocycles. The third-order valence-corrected chi connectivity index (χ3v) is 11.9. The van der Waals surface area contributed by atoms with Gasteiger partial charge in [0.05, 0.1) is 21.4 Å². The summed E-state index contributed by atoms with van der Waals surface area (Å²) in [7, 11) is 0. The van der Waals surface area contributed by atoms with E-state index in [9.17, 15) is 0 Å². The van der Waals surface area contributed by atoms with Crippen LogP contribution in [0.4, 0.5) is 0 Å². The van der Waals surface area contributed by atoms with Crippen LogP contribution in [0.2, 0.25) is 0 Å². The molecule has 262 valence electrons. The van der Waals surface area contributed by atoms with E-state index in [0.717, 1.165) is 49.7 Å². The zero-order valence-electron chi connectivity index (χ0n) is 30.2. The fourth-order valence-corrected chi connectivity index (χ4v) is 9.21. The number of para-hydroxylation sites is 1. The van der Waals surface area contributed by atoms with E-state index in [1.165, 1.54) is 36.9 Å². The highest BCUT2D eigenvalue weighted by Gasteiger charge is 2.22. The summed E-state index contributed by atoms with van der Waals surface area (Å²) in [6.45, 7) is 0. The molecule has 8 aromatic carbocycles. The van der Waals surface area contributed by atoms with Crippen molar-refractivity contribution in [1.29, 1.82) is 0 Å². The van der Waals surface area contributed by atoms with Crippen molar-refractivity contribution in [3.05, 3.63) is 194 Å². The predicted octanol–water partition coefficient (Wildman–Crippen LogP) is 13.7. The molecule has 0 fully saturated rings. The molecule has 0 bridgehead atoms. The molecule has 0 atom stereocenters. The Labute approximate surface area is 327 Å². The Hall–Kier alpha value is -7.21. The Kier molecular flexibility index (Phi) is 7.64. The second kappa shape index (κ2) is 13.3. The minimum atomic E-state index is 0.636. The van der Waals surface area contributed by atoms with Crippen LogP contribution in [0.15, 0.2) is 194 Å². The van der Waals surface area contributed by atoms with Crippen LogP contribution in [0.3, 0.4) is 0 Å². The molecule has 11 rings (SSSR count). The van der Waals surface area contributed by atoms with Gasteiger partial charge in [0.25, 0.3) is 0 Å². The fraction of sp³-hybridized carbons (Fsp3) is 0. The smallest absolute Gasteiger partial charge is 0.164 e. The number of fused-ring (bicyclic) bond motifs is 6. The summed E-state index contributed by atoms with van der Waals surface area (Å²) in [6.07, 6.45) is 0. The zero-order chi connectivity index (χ0) is 37.0. The zero-order valence-corrected chi connectivity index (χ0v) is 31.0. The number of rotatable bonds is 6. The number of thiophene rings is 1. The van der Waals surface area contributed by atoms with Crippen molar-refractivity contribution in [3.8, 4) is 62.1 Å². The third-order valence-electron chi connectivity index (χ3n) is 10.7. The van der Waals surface area contributed by atoms with Gasteiger partial charge in [-0.2, -0.15) is 0 Å². The lowest BCUT2D eigenvalue weighted by Gasteiger charge is -2.13. The average Bonchev–Trinajstić information content (AvgIpc) is 3.83. The Bertz CT molecular complexity index is 3220. The van der Waals surface area contributed by atoms with Gasteiger partial charge in [0.1, 0.15) is 0 Å². The molecule has 0 spiro atoms. The van der Waals surface area contributed by atoms with E-state index in [-0.39, 0.29) is 0 Å². The van der Waals surface area contributed by atoms with Crippen LogP contribution < -0.4 is 0 Å². The number of aromatic nitrogens is 4. The van der Waals surface area contributed by atoms with Crippen molar-refractivity contribution in [3.63, 3.8) is 0 Å². The molecule has 0 aliphatic rings. The Balaban J connectivity index is 1.16. The van der Waals surface area contributed by atoms with Gasteiger partial charge in [-0.25, -0.2) is 15.0 Å². The molecule has 4 nitrogen and oxygen atoms in total. The van der Waals surface area contributed by atoms with Crippen molar-refractivity contribution in [2.45, 2.75) is 0 Å². The van der Waals surface area contributed by atoms with Crippen LogP contribution >= 0.6 is 11.3 Å². The molecule has 0 saturated heterocycles. The van der Waals surface area contributed by atoms with E-state index in [1.807, 2.05) is 35.6 Å². The molecule has 0 aliphatic heterocycles. The third kappa shape index (κ3) is 5.40. The van der Waals surface area contributed by atoms with E-state index < -0.39 is 0 Å². The van der Waals surface area contributed by atoms with Crippen LogP contribution in [-0.2, 0) is 0 Å². The topological polar surface area (TPSA) is 43.6 Å². The Morgan fingerprint density at radius 3 is 1.59 bits per heavy atom. The van der Waals surface area contributed by atoms with Crippen molar-refractivity contribution < 1.29 is 0 Å². The van der Waals surface area contributed by atoms with Crippen molar-refractivity contribution in [2.24, 2.45) is 0 Å². The Morgan fingerprint density at radius 2 is 0.875 bits per heavy atom. The maximum atomic E-state index is 5.24. The molecule has 3 aromatic heterocycles. The minimum absolute atomic E-state index is 0.636. The molecule has 0 saturated carbocycles. The maximum Gasteiger partial charge on any atom is 0.164 e. The van der Waals surface area contributed by atoms with Gasteiger partial charge in [-0.1, -0.05) is 164 Å². The fourth-order valence-electron chi connectivity index (χ4n) is 8.02. The van der Waals surface area contributed by atoms with Gasteiger partial charge >= 0.3 is 0 Å². The quantitative estimate of drug-likeness (QED) is 0.171. The molecular formula is C51H32N4S. The van der Waals surface area contributed by atoms with Gasteiger partial charge in [-0.3, -0.25) is 0 Å². The maximum absolute atomic E-state index is 5.24. The largest absolute Gasteiger partial charge is 0.308 e. The highest BCUT2D eigenvalue weighted by Crippen LogP contribution is 2.44. The second-order valence-electron chi connectivity index (χ2n) is 14.0. The average molecular weight is 733 g/mol. The van der Waals surface area contributed by atoms with Crippen molar-refractivity contribution >= 4 is 53.3 Å². The summed E-state index contributed by atoms with van der Waals surface area (Å²) < 4.78 is 4.98. The summed E-state index contributed by atoms with van der Waals surface area (Å²) >= 11 is 1.85. The first-order chi connectivity index (χ1) is 27.8. The minimum Gasteiger partial charge on any atom is -0.308 e. The molecule has 3 heterocycles. The monoisotopic (exact) mass is 732 g/mol. The normalized spacial score (nSPS) is 11.6. The standard InChI is InChI=1S/C51H32N4S/c1-4-15-33(16-5-1)35-27-29-37(30-28-35)50-52-49(36-19-8-3-9-20-36)53-51(54-50)41-23-14-25-44-47(41)40-22-10-12-24-43(40)55(44)45-32-38(34-17-6-2-7-18-34)31-42-39-21-11-13-26-46(39)56-48(42)45/h1-32H. The first-order valence-electron chi connectivity index (χ1n) is 18.8. The number of benzene rings is 8. The molecule has 0 N–H and O–H groups in total.